The summed E-state index contributed by atoms with van der Waals surface area (Å²) >= 11 is 1.60. The second-order valence-corrected chi connectivity index (χ2v) is 8.19. The number of nitrogens with one attached hydrogen (secondary N) is 2. The number of hydrogen-bond acceptors (Lipinski definition) is 7. The van der Waals surface area contributed by atoms with E-state index in [1.165, 1.54) is 0 Å². The number of nitrogens with two attached hydrogens (primary N) is 1. The fourth-order valence-electron chi connectivity index (χ4n) is 3.38. The highest BCUT2D eigenvalue weighted by Crippen LogP contribution is 2.17. The molecule has 0 spiro atoms. The van der Waals surface area contributed by atoms with Crippen molar-refractivity contribution in [1.82, 2.24) is 15.5 Å². The van der Waals surface area contributed by atoms with Crippen molar-refractivity contribution in [2.75, 3.05) is 38.2 Å². The molecular formula is C21H32N4O4S. The molecule has 1 aliphatic rings. The van der Waals surface area contributed by atoms with Crippen LogP contribution in [-0.4, -0.2) is 73.0 Å². The second-order valence-electron chi connectivity index (χ2n) is 7.21. The Morgan fingerprint density at radius 2 is 2.07 bits per heavy atom. The van der Waals surface area contributed by atoms with Crippen molar-refractivity contribution in [3.8, 4) is 0 Å². The molecule has 4 N–H and O–H groups in total. The first-order valence-electron chi connectivity index (χ1n) is 10.2. The van der Waals surface area contributed by atoms with Gasteiger partial charge in [0.2, 0.25) is 11.8 Å². The zero-order valence-electron chi connectivity index (χ0n) is 17.5. The number of ether oxygens (including phenoxy) is 1. The molecule has 166 valence electrons. The number of carbonyl (C=O) groups is 3. The molecular weight excluding hydrogens is 404 g/mol. The normalized spacial score (nSPS) is 16.9. The fraction of sp³-hybridized carbons (Fsp3) is 0.571. The number of thioether (sulfide) groups is 1. The molecule has 1 heterocycles. The average Bonchev–Trinajstić information content (AvgIpc) is 3.23. The molecule has 1 fully saturated rings. The highest BCUT2D eigenvalue weighted by molar-refractivity contribution is 7.98. The lowest BCUT2D eigenvalue weighted by Crippen LogP contribution is -2.47. The fourth-order valence-corrected chi connectivity index (χ4v) is 3.85. The van der Waals surface area contributed by atoms with Gasteiger partial charge in [-0.05, 0) is 36.8 Å². The van der Waals surface area contributed by atoms with Crippen LogP contribution in [0.5, 0.6) is 0 Å². The van der Waals surface area contributed by atoms with Gasteiger partial charge < -0.3 is 26.0 Å². The first kappa shape index (κ1) is 24.2. The van der Waals surface area contributed by atoms with E-state index in [2.05, 4.69) is 10.6 Å². The Morgan fingerprint density at radius 1 is 1.30 bits per heavy atom. The number of nitrogens with zero attached hydrogens (tertiary/aromatic N) is 1. The topological polar surface area (TPSA) is 114 Å². The van der Waals surface area contributed by atoms with Crippen LogP contribution < -0.4 is 16.4 Å². The van der Waals surface area contributed by atoms with Gasteiger partial charge in [-0.2, -0.15) is 11.8 Å². The largest absolute Gasteiger partial charge is 0.462 e. The Kier molecular flexibility index (Phi) is 10.7. The summed E-state index contributed by atoms with van der Waals surface area (Å²) in [5, 5.41) is 5.85. The lowest BCUT2D eigenvalue weighted by molar-refractivity contribution is -0.150. The molecule has 1 unspecified atom stereocenters. The van der Waals surface area contributed by atoms with E-state index in [4.69, 9.17) is 10.5 Å². The van der Waals surface area contributed by atoms with E-state index in [0.717, 1.165) is 24.2 Å². The molecule has 1 aromatic carbocycles. The number of esters is 1. The SMILES string of the molecule is CSCCC(NC(=O)CNCc1ccccc1)C(=O)OC[C@@H]1CCCN1C(=O)CN. The Morgan fingerprint density at radius 3 is 2.77 bits per heavy atom. The van der Waals surface area contributed by atoms with Crippen molar-refractivity contribution in [3.63, 3.8) is 0 Å². The summed E-state index contributed by atoms with van der Waals surface area (Å²) in [4.78, 5) is 38.4. The van der Waals surface area contributed by atoms with Crippen LogP contribution in [-0.2, 0) is 25.7 Å². The molecule has 9 heteroatoms. The Labute approximate surface area is 182 Å². The Bertz CT molecular complexity index is 689. The lowest BCUT2D eigenvalue weighted by Gasteiger charge is -2.25. The van der Waals surface area contributed by atoms with E-state index in [-0.39, 0.29) is 37.6 Å². The third kappa shape index (κ3) is 7.97. The van der Waals surface area contributed by atoms with E-state index in [0.29, 0.717) is 19.5 Å². The molecule has 30 heavy (non-hydrogen) atoms. The highest BCUT2D eigenvalue weighted by Gasteiger charge is 2.30. The highest BCUT2D eigenvalue weighted by atomic mass is 32.2. The maximum absolute atomic E-state index is 12.6. The molecule has 0 radical (unpaired) electrons. The van der Waals surface area contributed by atoms with Crippen LogP contribution in [0.15, 0.2) is 30.3 Å². The van der Waals surface area contributed by atoms with Gasteiger partial charge >= 0.3 is 5.97 Å². The maximum Gasteiger partial charge on any atom is 0.328 e. The minimum atomic E-state index is -0.705. The molecule has 1 aromatic rings. The average molecular weight is 437 g/mol. The third-order valence-electron chi connectivity index (χ3n) is 4.98. The van der Waals surface area contributed by atoms with Crippen LogP contribution in [0, 0.1) is 0 Å². The summed E-state index contributed by atoms with van der Waals surface area (Å²) < 4.78 is 5.47. The van der Waals surface area contributed by atoms with Crippen molar-refractivity contribution in [2.45, 2.75) is 37.9 Å². The van der Waals surface area contributed by atoms with Crippen LogP contribution in [0.3, 0.4) is 0 Å². The summed E-state index contributed by atoms with van der Waals surface area (Å²) in [5.74, 6) is -0.133. The minimum absolute atomic E-state index is 0.0488. The number of carbonyl (C=O) groups excluding carboxylic acids is 3. The van der Waals surface area contributed by atoms with Crippen molar-refractivity contribution < 1.29 is 19.1 Å². The number of likely N-dealkylation sites (tertiary alicyclic amines) is 1. The molecule has 2 rings (SSSR count). The van der Waals surface area contributed by atoms with Gasteiger partial charge in [0, 0.05) is 13.1 Å². The van der Waals surface area contributed by atoms with Gasteiger partial charge in [0.15, 0.2) is 0 Å². The first-order chi connectivity index (χ1) is 14.5. The summed E-state index contributed by atoms with van der Waals surface area (Å²) in [6, 6.07) is 8.93. The standard InChI is InChI=1S/C21H32N4O4S/c1-30-11-9-18(24-19(26)14-23-13-16-6-3-2-4-7-16)21(28)29-15-17-8-5-10-25(17)20(27)12-22/h2-4,6-7,17-18,23H,5,8-15,22H2,1H3,(H,24,26)/t17-,18?/m0/s1. The number of benzene rings is 1. The minimum Gasteiger partial charge on any atom is -0.462 e. The molecule has 0 aromatic heterocycles. The molecule has 8 nitrogen and oxygen atoms in total. The summed E-state index contributed by atoms with van der Waals surface area (Å²) in [7, 11) is 0. The Hall–Kier alpha value is -2.10. The molecule has 1 aliphatic heterocycles. The van der Waals surface area contributed by atoms with E-state index in [1.54, 1.807) is 16.7 Å². The van der Waals surface area contributed by atoms with Crippen LogP contribution >= 0.6 is 11.8 Å². The predicted molar refractivity (Wildman–Crippen MR) is 118 cm³/mol. The van der Waals surface area contributed by atoms with Gasteiger partial charge in [-0.25, -0.2) is 4.79 Å². The zero-order valence-corrected chi connectivity index (χ0v) is 18.3. The van der Waals surface area contributed by atoms with Crippen molar-refractivity contribution >= 4 is 29.5 Å². The van der Waals surface area contributed by atoms with E-state index < -0.39 is 12.0 Å². The van der Waals surface area contributed by atoms with Gasteiger partial charge in [0.25, 0.3) is 0 Å². The van der Waals surface area contributed by atoms with Crippen molar-refractivity contribution in [2.24, 2.45) is 5.73 Å². The Balaban J connectivity index is 1.80. The van der Waals surface area contributed by atoms with Crippen molar-refractivity contribution in [1.29, 1.82) is 0 Å². The second kappa shape index (κ2) is 13.3. The van der Waals surface area contributed by atoms with Gasteiger partial charge in [-0.15, -0.1) is 0 Å². The van der Waals surface area contributed by atoms with Gasteiger partial charge in [0.05, 0.1) is 19.1 Å². The van der Waals surface area contributed by atoms with Crippen molar-refractivity contribution in [3.05, 3.63) is 35.9 Å². The van der Waals surface area contributed by atoms with E-state index >= 15 is 0 Å². The number of amides is 2. The van der Waals surface area contributed by atoms with Gasteiger partial charge in [-0.3, -0.25) is 9.59 Å². The lowest BCUT2D eigenvalue weighted by atomic mass is 10.2. The quantitative estimate of drug-likeness (QED) is 0.409. The maximum atomic E-state index is 12.6. The van der Waals surface area contributed by atoms with E-state index in [1.807, 2.05) is 36.6 Å². The van der Waals surface area contributed by atoms with Gasteiger partial charge in [-0.1, -0.05) is 30.3 Å². The molecule has 0 aliphatic carbocycles. The van der Waals surface area contributed by atoms with Gasteiger partial charge in [0.1, 0.15) is 12.6 Å². The summed E-state index contributed by atoms with van der Waals surface area (Å²) in [6.45, 7) is 1.40. The monoisotopic (exact) mass is 436 g/mol. The van der Waals surface area contributed by atoms with Crippen LogP contribution in [0.1, 0.15) is 24.8 Å². The molecule has 2 amide bonds. The third-order valence-corrected chi connectivity index (χ3v) is 5.62. The zero-order chi connectivity index (χ0) is 21.8. The molecule has 2 atom stereocenters. The number of rotatable bonds is 12. The number of hydrogen-bond donors (Lipinski definition) is 3. The molecule has 0 bridgehead atoms. The predicted octanol–water partition coefficient (Wildman–Crippen LogP) is 0.507. The van der Waals surface area contributed by atoms with E-state index in [9.17, 15) is 14.4 Å². The first-order valence-corrected chi connectivity index (χ1v) is 11.6. The molecule has 0 saturated carbocycles. The summed E-state index contributed by atoms with van der Waals surface area (Å²) in [6.07, 6.45) is 4.08. The van der Waals surface area contributed by atoms with Crippen LogP contribution in [0.2, 0.25) is 0 Å². The molecule has 1 saturated heterocycles. The van der Waals surface area contributed by atoms with Crippen LogP contribution in [0.4, 0.5) is 0 Å². The smallest absolute Gasteiger partial charge is 0.328 e. The van der Waals surface area contributed by atoms with Crippen LogP contribution in [0.25, 0.3) is 0 Å². The summed E-state index contributed by atoms with van der Waals surface area (Å²) in [5.41, 5.74) is 6.53.